The minimum atomic E-state index is -3.57. The Bertz CT molecular complexity index is 821. The molecule has 0 saturated carbocycles. The van der Waals surface area contributed by atoms with E-state index in [1.807, 2.05) is 12.1 Å². The van der Waals surface area contributed by atoms with Crippen molar-refractivity contribution in [3.63, 3.8) is 0 Å². The van der Waals surface area contributed by atoms with Crippen LogP contribution in [0.15, 0.2) is 47.4 Å². The van der Waals surface area contributed by atoms with Crippen LogP contribution in [0.4, 0.5) is 0 Å². The molecule has 0 fully saturated rings. The molecule has 6 heteroatoms. The van der Waals surface area contributed by atoms with Gasteiger partial charge in [-0.05, 0) is 61.1 Å². The number of benzene rings is 2. The van der Waals surface area contributed by atoms with Gasteiger partial charge in [0.05, 0.1) is 4.90 Å². The molecule has 0 aliphatic heterocycles. The third kappa shape index (κ3) is 4.09. The molecule has 0 atom stereocenters. The lowest BCUT2D eigenvalue weighted by molar-refractivity contribution is 0.318. The Morgan fingerprint density at radius 2 is 1.88 bits per heavy atom. The van der Waals surface area contributed by atoms with Crippen molar-refractivity contribution < 1.29 is 13.2 Å². The minimum absolute atomic E-state index is 0.159. The Balaban J connectivity index is 1.58. The third-order valence-corrected chi connectivity index (χ3v) is 5.80. The van der Waals surface area contributed by atoms with Crippen LogP contribution < -0.4 is 9.46 Å². The fourth-order valence-corrected chi connectivity index (χ4v) is 4.25. The first-order valence-corrected chi connectivity index (χ1v) is 9.91. The molecule has 0 bridgehead atoms. The fourth-order valence-electron chi connectivity index (χ4n) is 2.94. The number of halogens is 1. The molecule has 0 amide bonds. The van der Waals surface area contributed by atoms with Crippen LogP contribution in [0.1, 0.15) is 24.0 Å². The lowest BCUT2D eigenvalue weighted by Crippen LogP contribution is -2.28. The molecule has 1 N–H and O–H groups in total. The van der Waals surface area contributed by atoms with E-state index in [0.29, 0.717) is 5.02 Å². The molecule has 1 aliphatic rings. The summed E-state index contributed by atoms with van der Waals surface area (Å²) in [5.74, 6) is 0.870. The van der Waals surface area contributed by atoms with Crippen LogP contribution in [-0.4, -0.2) is 21.6 Å². The maximum atomic E-state index is 12.2. The zero-order valence-corrected chi connectivity index (χ0v) is 14.9. The lowest BCUT2D eigenvalue weighted by Gasteiger charge is -2.19. The highest BCUT2D eigenvalue weighted by Gasteiger charge is 2.15. The van der Waals surface area contributed by atoms with Crippen LogP contribution in [0.25, 0.3) is 0 Å². The second kappa shape index (κ2) is 7.55. The Morgan fingerprint density at radius 1 is 1.08 bits per heavy atom. The first-order valence-electron chi connectivity index (χ1n) is 8.05. The summed E-state index contributed by atoms with van der Waals surface area (Å²) in [6.45, 7) is 0.495. The molecule has 2 aromatic rings. The van der Waals surface area contributed by atoms with E-state index in [1.54, 1.807) is 12.1 Å². The summed E-state index contributed by atoms with van der Waals surface area (Å²) in [6.07, 6.45) is 4.51. The van der Waals surface area contributed by atoms with Crippen LogP contribution in [-0.2, 0) is 22.9 Å². The first-order chi connectivity index (χ1) is 11.6. The van der Waals surface area contributed by atoms with Gasteiger partial charge in [0.1, 0.15) is 12.4 Å². The molecule has 3 rings (SSSR count). The van der Waals surface area contributed by atoms with Crippen LogP contribution in [0.3, 0.4) is 0 Å². The number of rotatable bonds is 6. The molecule has 4 nitrogen and oxygen atoms in total. The molecular formula is C18H20ClNO3S. The molecule has 0 unspecified atom stereocenters. The van der Waals surface area contributed by atoms with Crippen molar-refractivity contribution in [2.75, 3.05) is 13.2 Å². The zero-order valence-electron chi connectivity index (χ0n) is 13.3. The van der Waals surface area contributed by atoms with E-state index in [-0.39, 0.29) is 18.0 Å². The van der Waals surface area contributed by atoms with E-state index < -0.39 is 10.0 Å². The van der Waals surface area contributed by atoms with Crippen LogP contribution in [0.2, 0.25) is 5.02 Å². The van der Waals surface area contributed by atoms with Crippen molar-refractivity contribution in [1.82, 2.24) is 4.72 Å². The van der Waals surface area contributed by atoms with E-state index in [0.717, 1.165) is 18.6 Å². The van der Waals surface area contributed by atoms with Crippen molar-refractivity contribution in [2.24, 2.45) is 0 Å². The van der Waals surface area contributed by atoms with E-state index in [2.05, 4.69) is 10.8 Å². The highest BCUT2D eigenvalue weighted by Crippen LogP contribution is 2.29. The molecule has 24 heavy (non-hydrogen) atoms. The predicted molar refractivity (Wildman–Crippen MR) is 95.2 cm³/mol. The van der Waals surface area contributed by atoms with Gasteiger partial charge in [0.15, 0.2) is 0 Å². The molecule has 0 heterocycles. The summed E-state index contributed by atoms with van der Waals surface area (Å²) >= 11 is 5.84. The van der Waals surface area contributed by atoms with Gasteiger partial charge in [-0.15, -0.1) is 0 Å². The van der Waals surface area contributed by atoms with Crippen molar-refractivity contribution in [3.8, 4) is 5.75 Å². The summed E-state index contributed by atoms with van der Waals surface area (Å²) in [6, 6.07) is 12.3. The van der Waals surface area contributed by atoms with Gasteiger partial charge in [-0.25, -0.2) is 13.1 Å². The van der Waals surface area contributed by atoms with Gasteiger partial charge in [0.2, 0.25) is 10.0 Å². The average molecular weight is 366 g/mol. The highest BCUT2D eigenvalue weighted by molar-refractivity contribution is 7.89. The quantitative estimate of drug-likeness (QED) is 0.796. The maximum absolute atomic E-state index is 12.2. The summed E-state index contributed by atoms with van der Waals surface area (Å²) in [5, 5.41) is 0.394. The molecule has 128 valence electrons. The zero-order chi connectivity index (χ0) is 17.0. The summed E-state index contributed by atoms with van der Waals surface area (Å²) in [7, 11) is -3.57. The molecule has 1 aliphatic carbocycles. The van der Waals surface area contributed by atoms with Gasteiger partial charge >= 0.3 is 0 Å². The van der Waals surface area contributed by atoms with E-state index >= 15 is 0 Å². The van der Waals surface area contributed by atoms with Gasteiger partial charge in [0.25, 0.3) is 0 Å². The summed E-state index contributed by atoms with van der Waals surface area (Å²) < 4.78 is 32.8. The van der Waals surface area contributed by atoms with Crippen molar-refractivity contribution >= 4 is 21.6 Å². The number of hydrogen-bond donors (Lipinski definition) is 1. The standard InChI is InChI=1S/C18H20ClNO3S/c19-15-7-4-8-16(13-15)24(21,22)20-11-12-23-18-10-3-6-14-5-1-2-9-17(14)18/h3-4,6-8,10,13,20H,1-2,5,9,11-12H2. The molecular weight excluding hydrogens is 346 g/mol. The molecule has 0 spiro atoms. The topological polar surface area (TPSA) is 55.4 Å². The largest absolute Gasteiger partial charge is 0.492 e. The van der Waals surface area contributed by atoms with Gasteiger partial charge in [-0.3, -0.25) is 0 Å². The van der Waals surface area contributed by atoms with Crippen LogP contribution >= 0.6 is 11.6 Å². The Hall–Kier alpha value is -1.56. The Kier molecular flexibility index (Phi) is 5.43. The van der Waals surface area contributed by atoms with Crippen molar-refractivity contribution in [1.29, 1.82) is 0 Å². The van der Waals surface area contributed by atoms with Crippen molar-refractivity contribution in [2.45, 2.75) is 30.6 Å². The molecule has 0 radical (unpaired) electrons. The van der Waals surface area contributed by atoms with Crippen LogP contribution in [0.5, 0.6) is 5.75 Å². The normalized spacial score (nSPS) is 14.2. The van der Waals surface area contributed by atoms with E-state index in [9.17, 15) is 8.42 Å². The lowest BCUT2D eigenvalue weighted by atomic mass is 9.91. The van der Waals surface area contributed by atoms with Gasteiger partial charge in [-0.2, -0.15) is 0 Å². The minimum Gasteiger partial charge on any atom is -0.492 e. The Morgan fingerprint density at radius 3 is 2.71 bits per heavy atom. The first kappa shape index (κ1) is 17.3. The summed E-state index contributed by atoms with van der Waals surface area (Å²) in [4.78, 5) is 0.159. The number of hydrogen-bond acceptors (Lipinski definition) is 3. The maximum Gasteiger partial charge on any atom is 0.240 e. The van der Waals surface area contributed by atoms with Gasteiger partial charge < -0.3 is 4.74 Å². The number of fused-ring (bicyclic) bond motifs is 1. The average Bonchev–Trinajstić information content (AvgIpc) is 2.59. The number of sulfonamides is 1. The van der Waals surface area contributed by atoms with E-state index in [4.69, 9.17) is 16.3 Å². The predicted octanol–water partition coefficient (Wildman–Crippen LogP) is 3.58. The molecule has 2 aromatic carbocycles. The fraction of sp³-hybridized carbons (Fsp3) is 0.333. The molecule has 0 saturated heterocycles. The Labute approximate surface area is 147 Å². The van der Waals surface area contributed by atoms with E-state index in [1.165, 1.54) is 36.1 Å². The number of ether oxygens (including phenoxy) is 1. The second-order valence-electron chi connectivity index (χ2n) is 5.80. The smallest absolute Gasteiger partial charge is 0.240 e. The van der Waals surface area contributed by atoms with Gasteiger partial charge in [-0.1, -0.05) is 29.8 Å². The van der Waals surface area contributed by atoms with Crippen LogP contribution in [0, 0.1) is 0 Å². The van der Waals surface area contributed by atoms with Gasteiger partial charge in [0, 0.05) is 11.6 Å². The highest BCUT2D eigenvalue weighted by atomic mass is 35.5. The SMILES string of the molecule is O=S(=O)(NCCOc1cccc2c1CCCC2)c1cccc(Cl)c1. The molecule has 0 aromatic heterocycles. The second-order valence-corrected chi connectivity index (χ2v) is 8.01. The monoisotopic (exact) mass is 365 g/mol. The number of aryl methyl sites for hydroxylation is 1. The van der Waals surface area contributed by atoms with Crippen molar-refractivity contribution in [3.05, 3.63) is 58.6 Å². The number of nitrogens with one attached hydrogen (secondary N) is 1. The summed E-state index contributed by atoms with van der Waals surface area (Å²) in [5.41, 5.74) is 2.61. The third-order valence-electron chi connectivity index (χ3n) is 4.11.